The summed E-state index contributed by atoms with van der Waals surface area (Å²) in [5.74, 6) is 0.104. The molecular weight excluding hydrogens is 218 g/mol. The molecule has 0 aromatic rings. The van der Waals surface area contributed by atoms with Gasteiger partial charge in [0.2, 0.25) is 11.8 Å². The Bertz CT molecular complexity index is 252. The summed E-state index contributed by atoms with van der Waals surface area (Å²) in [5, 5.41) is 8.42. The molecule has 2 amide bonds. The average Bonchev–Trinajstić information content (AvgIpc) is 2.22. The van der Waals surface area contributed by atoms with E-state index in [0.29, 0.717) is 12.5 Å². The van der Waals surface area contributed by atoms with Gasteiger partial charge in [-0.05, 0) is 12.8 Å². The van der Waals surface area contributed by atoms with Crippen molar-refractivity contribution in [2.75, 3.05) is 13.1 Å². The first kappa shape index (κ1) is 15.9. The number of amides is 2. The molecule has 0 spiro atoms. The zero-order chi connectivity index (χ0) is 13.4. The topological polar surface area (TPSA) is 70.2 Å². The van der Waals surface area contributed by atoms with Crippen LogP contribution in [0.3, 0.4) is 0 Å². The minimum Gasteiger partial charge on any atom is -0.354 e. The molecule has 0 aliphatic heterocycles. The van der Waals surface area contributed by atoms with E-state index in [1.165, 1.54) is 0 Å². The van der Waals surface area contributed by atoms with Gasteiger partial charge in [0.05, 0.1) is 6.54 Å². The Morgan fingerprint density at radius 2 is 1.65 bits per heavy atom. The van der Waals surface area contributed by atoms with Crippen LogP contribution < -0.4 is 16.0 Å². The van der Waals surface area contributed by atoms with Gasteiger partial charge >= 0.3 is 0 Å². The van der Waals surface area contributed by atoms with Gasteiger partial charge in [0, 0.05) is 12.6 Å². The summed E-state index contributed by atoms with van der Waals surface area (Å²) in [7, 11) is 0. The van der Waals surface area contributed by atoms with Crippen LogP contribution in [-0.4, -0.2) is 37.0 Å². The van der Waals surface area contributed by atoms with E-state index in [2.05, 4.69) is 16.0 Å². The standard InChI is InChI=1S/C12H25N3O2/c1-8(2)6-14-12(17)10(5)15-11(16)7-13-9(3)4/h8-10,13H,6-7H2,1-5H3,(H,14,17)(H,15,16). The second kappa shape index (κ2) is 8.06. The Kier molecular flexibility index (Phi) is 7.54. The number of hydrogen-bond donors (Lipinski definition) is 3. The summed E-state index contributed by atoms with van der Waals surface area (Å²) in [5.41, 5.74) is 0. The van der Waals surface area contributed by atoms with Gasteiger partial charge in [0.25, 0.3) is 0 Å². The van der Waals surface area contributed by atoms with Crippen molar-refractivity contribution in [3.63, 3.8) is 0 Å². The highest BCUT2D eigenvalue weighted by molar-refractivity contribution is 5.87. The Morgan fingerprint density at radius 3 is 2.12 bits per heavy atom. The molecule has 100 valence electrons. The molecule has 0 bridgehead atoms. The van der Waals surface area contributed by atoms with Gasteiger partial charge in [0.1, 0.15) is 6.04 Å². The third-order valence-corrected chi connectivity index (χ3v) is 2.13. The molecule has 1 unspecified atom stereocenters. The normalized spacial score (nSPS) is 12.6. The molecule has 3 N–H and O–H groups in total. The molecule has 0 saturated heterocycles. The highest BCUT2D eigenvalue weighted by Gasteiger charge is 2.15. The molecule has 0 aromatic carbocycles. The van der Waals surface area contributed by atoms with E-state index in [1.54, 1.807) is 6.92 Å². The monoisotopic (exact) mass is 243 g/mol. The van der Waals surface area contributed by atoms with E-state index >= 15 is 0 Å². The van der Waals surface area contributed by atoms with Gasteiger partial charge in [-0.1, -0.05) is 27.7 Å². The number of nitrogens with one attached hydrogen (secondary N) is 3. The van der Waals surface area contributed by atoms with Crippen molar-refractivity contribution in [3.8, 4) is 0 Å². The van der Waals surface area contributed by atoms with Crippen LogP contribution in [-0.2, 0) is 9.59 Å². The van der Waals surface area contributed by atoms with Crippen molar-refractivity contribution in [3.05, 3.63) is 0 Å². The lowest BCUT2D eigenvalue weighted by Crippen LogP contribution is -2.48. The molecule has 0 aliphatic carbocycles. The van der Waals surface area contributed by atoms with Crippen LogP contribution in [0.1, 0.15) is 34.6 Å². The molecule has 0 radical (unpaired) electrons. The molecule has 1 atom stereocenters. The van der Waals surface area contributed by atoms with E-state index in [9.17, 15) is 9.59 Å². The van der Waals surface area contributed by atoms with Gasteiger partial charge < -0.3 is 16.0 Å². The summed E-state index contributed by atoms with van der Waals surface area (Å²) in [6, 6.07) is -0.235. The van der Waals surface area contributed by atoms with Crippen molar-refractivity contribution in [2.24, 2.45) is 5.92 Å². The van der Waals surface area contributed by atoms with E-state index in [0.717, 1.165) is 0 Å². The highest BCUT2D eigenvalue weighted by atomic mass is 16.2. The predicted octanol–water partition coefficient (Wildman–Crippen LogP) is 0.261. The molecule has 5 heteroatoms. The predicted molar refractivity (Wildman–Crippen MR) is 68.6 cm³/mol. The number of hydrogen-bond acceptors (Lipinski definition) is 3. The molecule has 0 fully saturated rings. The molecule has 0 heterocycles. The SMILES string of the molecule is CC(C)CNC(=O)C(C)NC(=O)CNC(C)C. The summed E-state index contributed by atoms with van der Waals surface area (Å²) < 4.78 is 0. The smallest absolute Gasteiger partial charge is 0.242 e. The van der Waals surface area contributed by atoms with Crippen molar-refractivity contribution < 1.29 is 9.59 Å². The Morgan fingerprint density at radius 1 is 1.06 bits per heavy atom. The Labute approximate surface area is 104 Å². The van der Waals surface area contributed by atoms with E-state index in [-0.39, 0.29) is 24.4 Å². The summed E-state index contributed by atoms with van der Waals surface area (Å²) in [4.78, 5) is 23.0. The van der Waals surface area contributed by atoms with E-state index in [1.807, 2.05) is 27.7 Å². The van der Waals surface area contributed by atoms with Crippen LogP contribution in [0.4, 0.5) is 0 Å². The molecule has 5 nitrogen and oxygen atoms in total. The fraction of sp³-hybridized carbons (Fsp3) is 0.833. The largest absolute Gasteiger partial charge is 0.354 e. The summed E-state index contributed by atoms with van der Waals surface area (Å²) >= 11 is 0. The van der Waals surface area contributed by atoms with Gasteiger partial charge in [-0.3, -0.25) is 9.59 Å². The minimum atomic E-state index is -0.491. The molecule has 0 aliphatic rings. The highest BCUT2D eigenvalue weighted by Crippen LogP contribution is 1.89. The zero-order valence-corrected chi connectivity index (χ0v) is 11.5. The maximum absolute atomic E-state index is 11.6. The lowest BCUT2D eigenvalue weighted by atomic mass is 10.2. The van der Waals surface area contributed by atoms with Crippen LogP contribution in [0.2, 0.25) is 0 Å². The summed E-state index contributed by atoms with van der Waals surface area (Å²) in [6.07, 6.45) is 0. The van der Waals surface area contributed by atoms with Gasteiger partial charge in [-0.2, -0.15) is 0 Å². The van der Waals surface area contributed by atoms with Crippen molar-refractivity contribution in [1.82, 2.24) is 16.0 Å². The fourth-order valence-electron chi connectivity index (χ4n) is 1.11. The second-order valence-electron chi connectivity index (χ2n) is 4.96. The second-order valence-corrected chi connectivity index (χ2v) is 4.96. The van der Waals surface area contributed by atoms with Crippen molar-refractivity contribution in [1.29, 1.82) is 0 Å². The van der Waals surface area contributed by atoms with Gasteiger partial charge in [-0.15, -0.1) is 0 Å². The minimum absolute atomic E-state index is 0.142. The quantitative estimate of drug-likeness (QED) is 0.601. The van der Waals surface area contributed by atoms with Crippen LogP contribution in [0.15, 0.2) is 0 Å². The lowest BCUT2D eigenvalue weighted by molar-refractivity contribution is -0.128. The first-order chi connectivity index (χ1) is 7.82. The van der Waals surface area contributed by atoms with Crippen molar-refractivity contribution in [2.45, 2.75) is 46.7 Å². The number of rotatable bonds is 7. The maximum Gasteiger partial charge on any atom is 0.242 e. The maximum atomic E-state index is 11.6. The fourth-order valence-corrected chi connectivity index (χ4v) is 1.11. The third kappa shape index (κ3) is 8.68. The zero-order valence-electron chi connectivity index (χ0n) is 11.5. The molecular formula is C12H25N3O2. The molecule has 17 heavy (non-hydrogen) atoms. The van der Waals surface area contributed by atoms with E-state index in [4.69, 9.17) is 0 Å². The van der Waals surface area contributed by atoms with E-state index < -0.39 is 6.04 Å². The molecule has 0 saturated carbocycles. The van der Waals surface area contributed by atoms with Crippen LogP contribution in [0.5, 0.6) is 0 Å². The van der Waals surface area contributed by atoms with Gasteiger partial charge in [-0.25, -0.2) is 0 Å². The number of carbonyl (C=O) groups excluding carboxylic acids is 2. The first-order valence-electron chi connectivity index (χ1n) is 6.13. The molecule has 0 rings (SSSR count). The third-order valence-electron chi connectivity index (χ3n) is 2.13. The Hall–Kier alpha value is -1.10. The van der Waals surface area contributed by atoms with Gasteiger partial charge in [0.15, 0.2) is 0 Å². The first-order valence-corrected chi connectivity index (χ1v) is 6.13. The number of carbonyl (C=O) groups is 2. The van der Waals surface area contributed by atoms with Crippen LogP contribution in [0.25, 0.3) is 0 Å². The van der Waals surface area contributed by atoms with Crippen LogP contribution >= 0.6 is 0 Å². The lowest BCUT2D eigenvalue weighted by Gasteiger charge is -2.16. The average molecular weight is 243 g/mol. The Balaban J connectivity index is 3.86. The van der Waals surface area contributed by atoms with Crippen LogP contribution in [0, 0.1) is 5.92 Å². The molecule has 0 aromatic heterocycles. The van der Waals surface area contributed by atoms with Crippen molar-refractivity contribution >= 4 is 11.8 Å². The summed E-state index contributed by atoms with van der Waals surface area (Å²) in [6.45, 7) is 10.5.